The van der Waals surface area contributed by atoms with Crippen molar-refractivity contribution in [2.45, 2.75) is 13.3 Å². The van der Waals surface area contributed by atoms with Gasteiger partial charge in [-0.2, -0.15) is 4.98 Å². The molecule has 4 rings (SSSR count). The van der Waals surface area contributed by atoms with Gasteiger partial charge >= 0.3 is 0 Å². The third kappa shape index (κ3) is 3.82. The first-order chi connectivity index (χ1) is 13.7. The van der Waals surface area contributed by atoms with Crippen LogP contribution in [0.4, 0.5) is 17.5 Å². The standard InChI is InChI=1S/C20H24ClN5OS/c1-3-8-22-19-18-17(16(27-2)13-28-18)23-20(24-19)26-11-9-25(10-12-26)15-6-4-14(21)5-7-15/h4-7,13H,3,8-12H2,1-2H3,(H,22,23,24). The zero-order valence-electron chi connectivity index (χ0n) is 16.1. The van der Waals surface area contributed by atoms with Crippen molar-refractivity contribution < 1.29 is 4.74 Å². The van der Waals surface area contributed by atoms with Crippen molar-refractivity contribution in [1.82, 2.24) is 9.97 Å². The van der Waals surface area contributed by atoms with Crippen LogP contribution in [0.2, 0.25) is 5.02 Å². The van der Waals surface area contributed by atoms with E-state index in [0.29, 0.717) is 0 Å². The van der Waals surface area contributed by atoms with Crippen LogP contribution in [0, 0.1) is 0 Å². The molecule has 1 aliphatic rings. The van der Waals surface area contributed by atoms with Crippen molar-refractivity contribution in [3.05, 3.63) is 34.7 Å². The van der Waals surface area contributed by atoms with Gasteiger partial charge < -0.3 is 19.9 Å². The number of ether oxygens (including phenoxy) is 1. The summed E-state index contributed by atoms with van der Waals surface area (Å²) in [5.41, 5.74) is 2.08. The summed E-state index contributed by atoms with van der Waals surface area (Å²) < 4.78 is 6.56. The van der Waals surface area contributed by atoms with Gasteiger partial charge in [0.1, 0.15) is 11.3 Å². The van der Waals surface area contributed by atoms with Gasteiger partial charge in [0.25, 0.3) is 0 Å². The Balaban J connectivity index is 1.56. The highest BCUT2D eigenvalue weighted by Gasteiger charge is 2.22. The summed E-state index contributed by atoms with van der Waals surface area (Å²) in [4.78, 5) is 14.3. The minimum Gasteiger partial charge on any atom is -0.494 e. The van der Waals surface area contributed by atoms with Gasteiger partial charge in [0.05, 0.1) is 11.8 Å². The van der Waals surface area contributed by atoms with Crippen LogP contribution in [0.5, 0.6) is 5.75 Å². The van der Waals surface area contributed by atoms with E-state index in [4.69, 9.17) is 26.3 Å². The summed E-state index contributed by atoms with van der Waals surface area (Å²) in [5, 5.41) is 6.21. The van der Waals surface area contributed by atoms with Gasteiger partial charge in [-0.25, -0.2) is 4.98 Å². The van der Waals surface area contributed by atoms with Crippen LogP contribution >= 0.6 is 22.9 Å². The second-order valence-corrected chi connectivity index (χ2v) is 8.05. The van der Waals surface area contributed by atoms with E-state index in [0.717, 1.165) is 71.9 Å². The average molecular weight is 418 g/mol. The number of halogens is 1. The SMILES string of the molecule is CCCNc1nc(N2CCN(c3ccc(Cl)cc3)CC2)nc2c(OC)csc12. The van der Waals surface area contributed by atoms with Gasteiger partial charge in [-0.1, -0.05) is 18.5 Å². The van der Waals surface area contributed by atoms with Crippen molar-refractivity contribution in [3.63, 3.8) is 0 Å². The number of piperazine rings is 1. The molecule has 0 saturated carbocycles. The van der Waals surface area contributed by atoms with E-state index in [1.165, 1.54) is 5.69 Å². The Morgan fingerprint density at radius 2 is 1.82 bits per heavy atom. The Morgan fingerprint density at radius 3 is 2.50 bits per heavy atom. The molecule has 0 aliphatic carbocycles. The average Bonchev–Trinajstić information content (AvgIpc) is 3.16. The molecule has 8 heteroatoms. The number of methoxy groups -OCH3 is 1. The Bertz CT molecular complexity index is 938. The number of fused-ring (bicyclic) bond motifs is 1. The van der Waals surface area contributed by atoms with Crippen LogP contribution < -0.4 is 19.9 Å². The van der Waals surface area contributed by atoms with E-state index in [9.17, 15) is 0 Å². The Morgan fingerprint density at radius 1 is 1.11 bits per heavy atom. The molecule has 1 saturated heterocycles. The third-order valence-electron chi connectivity index (χ3n) is 4.89. The highest BCUT2D eigenvalue weighted by Crippen LogP contribution is 2.36. The fourth-order valence-electron chi connectivity index (χ4n) is 3.35. The molecule has 1 N–H and O–H groups in total. The Labute approximate surface area is 174 Å². The maximum Gasteiger partial charge on any atom is 0.228 e. The quantitative estimate of drug-likeness (QED) is 0.637. The summed E-state index contributed by atoms with van der Waals surface area (Å²) in [6, 6.07) is 8.02. The lowest BCUT2D eigenvalue weighted by Gasteiger charge is -2.36. The van der Waals surface area contributed by atoms with Crippen LogP contribution in [0.15, 0.2) is 29.6 Å². The molecule has 1 aliphatic heterocycles. The number of anilines is 3. The van der Waals surface area contributed by atoms with E-state index < -0.39 is 0 Å². The predicted molar refractivity (Wildman–Crippen MR) is 119 cm³/mol. The van der Waals surface area contributed by atoms with Gasteiger partial charge in [0.2, 0.25) is 5.95 Å². The molecule has 0 unspecified atom stereocenters. The highest BCUT2D eigenvalue weighted by atomic mass is 35.5. The number of aromatic nitrogens is 2. The second kappa shape index (κ2) is 8.41. The van der Waals surface area contributed by atoms with Gasteiger partial charge in [-0.05, 0) is 30.7 Å². The van der Waals surface area contributed by atoms with Gasteiger partial charge in [-0.15, -0.1) is 11.3 Å². The molecular weight excluding hydrogens is 394 g/mol. The molecule has 3 heterocycles. The summed E-state index contributed by atoms with van der Waals surface area (Å²) in [6.07, 6.45) is 1.04. The molecule has 148 valence electrons. The number of nitrogens with zero attached hydrogens (tertiary/aromatic N) is 4. The maximum absolute atomic E-state index is 6.01. The Hall–Kier alpha value is -2.25. The molecule has 1 aromatic carbocycles. The molecule has 1 fully saturated rings. The van der Waals surface area contributed by atoms with Crippen molar-refractivity contribution in [2.24, 2.45) is 0 Å². The Kier molecular flexibility index (Phi) is 5.73. The van der Waals surface area contributed by atoms with Crippen LogP contribution in [-0.4, -0.2) is 49.8 Å². The molecule has 0 atom stereocenters. The zero-order valence-corrected chi connectivity index (χ0v) is 17.7. The normalized spacial score (nSPS) is 14.5. The minimum atomic E-state index is 0.763. The van der Waals surface area contributed by atoms with Crippen LogP contribution in [0.1, 0.15) is 13.3 Å². The van der Waals surface area contributed by atoms with E-state index in [1.807, 2.05) is 17.5 Å². The first-order valence-corrected chi connectivity index (χ1v) is 10.8. The number of benzene rings is 1. The molecule has 3 aromatic rings. The molecule has 28 heavy (non-hydrogen) atoms. The predicted octanol–water partition coefficient (Wildman–Crippen LogP) is 4.50. The van der Waals surface area contributed by atoms with Crippen LogP contribution in [-0.2, 0) is 0 Å². The largest absolute Gasteiger partial charge is 0.494 e. The molecule has 2 aromatic heterocycles. The lowest BCUT2D eigenvalue weighted by molar-refractivity contribution is 0.420. The fourth-order valence-corrected chi connectivity index (χ4v) is 4.40. The van der Waals surface area contributed by atoms with Crippen molar-refractivity contribution in [2.75, 3.05) is 55.0 Å². The number of thiophene rings is 1. The van der Waals surface area contributed by atoms with E-state index in [2.05, 4.69) is 34.2 Å². The molecule has 6 nitrogen and oxygen atoms in total. The zero-order chi connectivity index (χ0) is 19.5. The summed E-state index contributed by atoms with van der Waals surface area (Å²) in [6.45, 7) is 6.61. The van der Waals surface area contributed by atoms with Crippen LogP contribution in [0.25, 0.3) is 10.2 Å². The number of nitrogens with one attached hydrogen (secondary N) is 1. The molecule has 0 radical (unpaired) electrons. The van der Waals surface area contributed by atoms with Crippen molar-refractivity contribution >= 4 is 50.6 Å². The summed E-state index contributed by atoms with van der Waals surface area (Å²) in [7, 11) is 1.69. The lowest BCUT2D eigenvalue weighted by atomic mass is 10.2. The lowest BCUT2D eigenvalue weighted by Crippen LogP contribution is -2.47. The highest BCUT2D eigenvalue weighted by molar-refractivity contribution is 7.18. The fraction of sp³-hybridized carbons (Fsp3) is 0.400. The first kappa shape index (κ1) is 19.1. The molecule has 0 spiro atoms. The molecular formula is C20H24ClN5OS. The maximum atomic E-state index is 6.01. The second-order valence-electron chi connectivity index (χ2n) is 6.73. The number of hydrogen-bond donors (Lipinski definition) is 1. The minimum absolute atomic E-state index is 0.763. The smallest absolute Gasteiger partial charge is 0.228 e. The van der Waals surface area contributed by atoms with Crippen molar-refractivity contribution in [3.8, 4) is 5.75 Å². The van der Waals surface area contributed by atoms with Gasteiger partial charge in [-0.3, -0.25) is 0 Å². The first-order valence-electron chi connectivity index (χ1n) is 9.52. The van der Waals surface area contributed by atoms with Crippen molar-refractivity contribution in [1.29, 1.82) is 0 Å². The third-order valence-corrected chi connectivity index (χ3v) is 6.09. The number of rotatable bonds is 6. The van der Waals surface area contributed by atoms with E-state index >= 15 is 0 Å². The van der Waals surface area contributed by atoms with E-state index in [1.54, 1.807) is 18.4 Å². The topological polar surface area (TPSA) is 53.5 Å². The van der Waals surface area contributed by atoms with Gasteiger partial charge in [0, 0.05) is 48.8 Å². The summed E-state index contributed by atoms with van der Waals surface area (Å²) in [5.74, 6) is 2.47. The molecule has 0 bridgehead atoms. The number of hydrogen-bond acceptors (Lipinski definition) is 7. The van der Waals surface area contributed by atoms with Crippen LogP contribution in [0.3, 0.4) is 0 Å². The van der Waals surface area contributed by atoms with Gasteiger partial charge in [0.15, 0.2) is 5.75 Å². The summed E-state index contributed by atoms with van der Waals surface area (Å²) >= 11 is 7.63. The monoisotopic (exact) mass is 417 g/mol. The molecule has 0 amide bonds. The van der Waals surface area contributed by atoms with E-state index in [-0.39, 0.29) is 0 Å².